The van der Waals surface area contributed by atoms with Crippen LogP contribution in [-0.2, 0) is 17.1 Å². The lowest BCUT2D eigenvalue weighted by Gasteiger charge is -2.33. The average molecular weight is 500 g/mol. The molecule has 2 N–H and O–H groups in total. The Hall–Kier alpha value is -2.68. The lowest BCUT2D eigenvalue weighted by molar-refractivity contribution is -0.0929. The molecule has 2 aromatic rings. The van der Waals surface area contributed by atoms with Gasteiger partial charge in [0.1, 0.15) is 6.10 Å². The van der Waals surface area contributed by atoms with Gasteiger partial charge in [0.05, 0.1) is 18.2 Å². The molecule has 0 saturated carbocycles. The minimum absolute atomic E-state index is 0.0194. The first-order valence-electron chi connectivity index (χ1n) is 10.0. The second-order valence-electron chi connectivity index (χ2n) is 7.53. The van der Waals surface area contributed by atoms with Gasteiger partial charge in [-0.15, -0.1) is 0 Å². The molecular weight excluding hydrogens is 479 g/mol. The minimum Gasteiger partial charge on any atom is -0.478 e. The van der Waals surface area contributed by atoms with Crippen LogP contribution in [-0.4, -0.2) is 52.5 Å². The van der Waals surface area contributed by atoms with Crippen LogP contribution in [0.1, 0.15) is 27.9 Å². The van der Waals surface area contributed by atoms with Gasteiger partial charge in [0, 0.05) is 28.6 Å². The summed E-state index contributed by atoms with van der Waals surface area (Å²) in [4.78, 5) is 24.6. The van der Waals surface area contributed by atoms with Crippen LogP contribution in [0.25, 0.3) is 0 Å². The maximum absolute atomic E-state index is 14.7. The number of benzene rings is 2. The van der Waals surface area contributed by atoms with Crippen molar-refractivity contribution >= 4 is 35.3 Å². The molecule has 1 aliphatic rings. The number of carboxylic acid groups (broad SMARTS) is 1. The van der Waals surface area contributed by atoms with E-state index < -0.39 is 35.7 Å². The van der Waals surface area contributed by atoms with Crippen molar-refractivity contribution in [3.05, 3.63) is 81.4 Å². The molecule has 0 radical (unpaired) electrons. The van der Waals surface area contributed by atoms with Crippen LogP contribution in [0.4, 0.5) is 13.6 Å². The van der Waals surface area contributed by atoms with E-state index in [0.717, 1.165) is 23.8 Å². The molecule has 2 atom stereocenters. The first kappa shape index (κ1) is 25.0. The third-order valence-electron chi connectivity index (χ3n) is 5.25. The fraction of sp³-hybridized carbons (Fsp3) is 0.304. The van der Waals surface area contributed by atoms with E-state index in [4.69, 9.17) is 33.0 Å². The van der Waals surface area contributed by atoms with E-state index in [0.29, 0.717) is 12.8 Å². The highest BCUT2D eigenvalue weighted by Crippen LogP contribution is 2.36. The fourth-order valence-corrected chi connectivity index (χ4v) is 3.96. The fourth-order valence-electron chi connectivity index (χ4n) is 3.43. The molecule has 3 rings (SSSR count). The molecular formula is C23H21Cl2F2NO5. The summed E-state index contributed by atoms with van der Waals surface area (Å²) in [7, 11) is 0. The Morgan fingerprint density at radius 1 is 1.21 bits per heavy atom. The molecule has 10 heteroatoms. The first-order valence-corrected chi connectivity index (χ1v) is 10.8. The van der Waals surface area contributed by atoms with Crippen LogP contribution in [0.2, 0.25) is 10.0 Å². The number of nitrogens with zero attached hydrogens (tertiary/aromatic N) is 1. The molecule has 176 valence electrons. The standard InChI is InChI=1S/C23H21Cl2F2NO5/c24-17-11-16(12-18(25)13-17)23(26,27)20(29)6-5-19-8-10-33-22(32)28(19)9-7-14-1-3-15(4-2-14)21(30)31/h1-6,11-13,19-20,29H,7-10H2,(H,30,31). The normalized spacial score (nSPS) is 17.8. The summed E-state index contributed by atoms with van der Waals surface area (Å²) in [6, 6.07) is 9.03. The second kappa shape index (κ2) is 10.5. The number of carboxylic acids is 1. The number of aliphatic hydroxyl groups excluding tert-OH is 1. The summed E-state index contributed by atoms with van der Waals surface area (Å²) < 4.78 is 34.5. The van der Waals surface area contributed by atoms with Gasteiger partial charge in [0.2, 0.25) is 0 Å². The van der Waals surface area contributed by atoms with E-state index in [1.54, 1.807) is 12.1 Å². The van der Waals surface area contributed by atoms with Crippen molar-refractivity contribution in [1.82, 2.24) is 4.90 Å². The Labute approximate surface area is 199 Å². The zero-order valence-corrected chi connectivity index (χ0v) is 18.8. The predicted octanol–water partition coefficient (Wildman–Crippen LogP) is 5.15. The Morgan fingerprint density at radius 2 is 1.85 bits per heavy atom. The number of cyclic esters (lactones) is 1. The SMILES string of the molecule is O=C(O)c1ccc(CCN2C(=O)OCCC2C=CC(O)C(F)(F)c2cc(Cl)cc(Cl)c2)cc1. The second-order valence-corrected chi connectivity index (χ2v) is 8.40. The number of amides is 1. The highest BCUT2D eigenvalue weighted by atomic mass is 35.5. The van der Waals surface area contributed by atoms with Crippen LogP contribution < -0.4 is 0 Å². The topological polar surface area (TPSA) is 87.1 Å². The van der Waals surface area contributed by atoms with Crippen molar-refractivity contribution in [2.75, 3.05) is 13.2 Å². The number of alkyl halides is 2. The Morgan fingerprint density at radius 3 is 2.45 bits per heavy atom. The van der Waals surface area contributed by atoms with Crippen LogP contribution >= 0.6 is 23.2 Å². The van der Waals surface area contributed by atoms with Crippen LogP contribution in [0.3, 0.4) is 0 Å². The van der Waals surface area contributed by atoms with Gasteiger partial charge in [0.25, 0.3) is 0 Å². The summed E-state index contributed by atoms with van der Waals surface area (Å²) in [5.41, 5.74) is 0.417. The number of carbonyl (C=O) groups is 2. The molecule has 2 unspecified atom stereocenters. The highest BCUT2D eigenvalue weighted by Gasteiger charge is 2.40. The first-order chi connectivity index (χ1) is 15.6. The van der Waals surface area contributed by atoms with Crippen LogP contribution in [0.5, 0.6) is 0 Å². The monoisotopic (exact) mass is 499 g/mol. The number of carbonyl (C=O) groups excluding carboxylic acids is 1. The molecule has 0 aromatic heterocycles. The number of ether oxygens (including phenoxy) is 1. The average Bonchev–Trinajstić information content (AvgIpc) is 2.76. The van der Waals surface area contributed by atoms with Gasteiger partial charge in [-0.3, -0.25) is 0 Å². The molecule has 2 aromatic carbocycles. The molecule has 0 spiro atoms. The van der Waals surface area contributed by atoms with Crippen molar-refractivity contribution < 1.29 is 33.3 Å². The third-order valence-corrected chi connectivity index (χ3v) is 5.69. The molecule has 0 aliphatic carbocycles. The van der Waals surface area contributed by atoms with E-state index in [-0.39, 0.29) is 28.8 Å². The van der Waals surface area contributed by atoms with Gasteiger partial charge in [-0.05, 0) is 42.3 Å². The molecule has 33 heavy (non-hydrogen) atoms. The largest absolute Gasteiger partial charge is 0.478 e. The van der Waals surface area contributed by atoms with Gasteiger partial charge in [0.15, 0.2) is 0 Å². The molecule has 1 amide bonds. The van der Waals surface area contributed by atoms with E-state index in [9.17, 15) is 23.5 Å². The summed E-state index contributed by atoms with van der Waals surface area (Å²) in [6.45, 7) is 0.338. The quantitative estimate of drug-likeness (QED) is 0.490. The zero-order valence-electron chi connectivity index (χ0n) is 17.3. The smallest absolute Gasteiger partial charge is 0.410 e. The van der Waals surface area contributed by atoms with Gasteiger partial charge in [-0.25, -0.2) is 9.59 Å². The Kier molecular flexibility index (Phi) is 7.94. The lowest BCUT2D eigenvalue weighted by Crippen LogP contribution is -2.45. The number of aromatic carboxylic acids is 1. The van der Waals surface area contributed by atoms with Crippen molar-refractivity contribution in [3.63, 3.8) is 0 Å². The Bertz CT molecular complexity index is 1030. The number of rotatable bonds is 8. The number of hydrogen-bond acceptors (Lipinski definition) is 4. The summed E-state index contributed by atoms with van der Waals surface area (Å²) in [5, 5.41) is 19.2. The Balaban J connectivity index is 1.70. The summed E-state index contributed by atoms with van der Waals surface area (Å²) in [5.74, 6) is -4.70. The van der Waals surface area contributed by atoms with E-state index >= 15 is 0 Å². The maximum atomic E-state index is 14.7. The molecule has 1 fully saturated rings. The van der Waals surface area contributed by atoms with E-state index in [1.165, 1.54) is 29.2 Å². The van der Waals surface area contributed by atoms with Gasteiger partial charge < -0.3 is 19.8 Å². The number of hydrogen-bond donors (Lipinski definition) is 2. The molecule has 1 saturated heterocycles. The summed E-state index contributed by atoms with van der Waals surface area (Å²) >= 11 is 11.6. The third kappa shape index (κ3) is 6.22. The number of aliphatic hydroxyl groups is 1. The van der Waals surface area contributed by atoms with Gasteiger partial charge in [-0.1, -0.05) is 47.5 Å². The van der Waals surface area contributed by atoms with Crippen molar-refractivity contribution in [1.29, 1.82) is 0 Å². The lowest BCUT2D eigenvalue weighted by atomic mass is 10.0. The zero-order chi connectivity index (χ0) is 24.2. The predicted molar refractivity (Wildman–Crippen MR) is 119 cm³/mol. The van der Waals surface area contributed by atoms with Crippen LogP contribution in [0.15, 0.2) is 54.6 Å². The van der Waals surface area contributed by atoms with Crippen molar-refractivity contribution in [3.8, 4) is 0 Å². The number of halogens is 4. The van der Waals surface area contributed by atoms with Gasteiger partial charge in [-0.2, -0.15) is 8.78 Å². The summed E-state index contributed by atoms with van der Waals surface area (Å²) in [6.07, 6.45) is 0.308. The molecule has 0 bridgehead atoms. The van der Waals surface area contributed by atoms with Gasteiger partial charge >= 0.3 is 18.0 Å². The molecule has 1 aliphatic heterocycles. The van der Waals surface area contributed by atoms with E-state index in [2.05, 4.69) is 0 Å². The van der Waals surface area contributed by atoms with Crippen LogP contribution in [0, 0.1) is 0 Å². The van der Waals surface area contributed by atoms with Crippen molar-refractivity contribution in [2.45, 2.75) is 30.9 Å². The van der Waals surface area contributed by atoms with Crippen molar-refractivity contribution in [2.24, 2.45) is 0 Å². The molecule has 6 nitrogen and oxygen atoms in total. The maximum Gasteiger partial charge on any atom is 0.410 e. The highest BCUT2D eigenvalue weighted by molar-refractivity contribution is 6.34. The minimum atomic E-state index is -3.66. The molecule has 1 heterocycles. The van der Waals surface area contributed by atoms with E-state index in [1.807, 2.05) is 0 Å².